The van der Waals surface area contributed by atoms with E-state index in [-0.39, 0.29) is 27.9 Å². The van der Waals surface area contributed by atoms with Gasteiger partial charge in [0.1, 0.15) is 11.9 Å². The summed E-state index contributed by atoms with van der Waals surface area (Å²) in [6.45, 7) is 17.0. The molecule has 4 aliphatic rings. The van der Waals surface area contributed by atoms with E-state index in [1.54, 1.807) is 32.9 Å². The molecule has 0 spiro atoms. The van der Waals surface area contributed by atoms with Gasteiger partial charge >= 0.3 is 5.97 Å². The highest BCUT2D eigenvalue weighted by Crippen LogP contribution is 2.46. The minimum Gasteiger partial charge on any atom is -0.460 e. The van der Waals surface area contributed by atoms with Gasteiger partial charge in [-0.3, -0.25) is 9.59 Å². The van der Waals surface area contributed by atoms with Crippen molar-refractivity contribution in [3.63, 3.8) is 0 Å². The second-order valence-corrected chi connectivity index (χ2v) is 10.3. The molecule has 2 N–H and O–H groups in total. The lowest BCUT2D eigenvalue weighted by Gasteiger charge is -2.44. The molecule has 0 aromatic heterocycles. The van der Waals surface area contributed by atoms with Crippen molar-refractivity contribution in [2.45, 2.75) is 64.8 Å². The molecule has 3 heterocycles. The zero-order valence-corrected chi connectivity index (χ0v) is 22.5. The van der Waals surface area contributed by atoms with Crippen LogP contribution in [0.15, 0.2) is 58.2 Å². The second kappa shape index (κ2) is 9.15. The first-order chi connectivity index (χ1) is 18.4. The Hall–Kier alpha value is -3.79. The fraction of sp³-hybridized carbons (Fsp3) is 0.367. The molecular weight excluding hydrogens is 502 g/mol. The van der Waals surface area contributed by atoms with Crippen molar-refractivity contribution >= 4 is 23.9 Å². The van der Waals surface area contributed by atoms with Crippen LogP contribution in [0.4, 0.5) is 0 Å². The van der Waals surface area contributed by atoms with E-state index in [1.165, 1.54) is 0 Å². The van der Waals surface area contributed by atoms with Crippen LogP contribution < -0.4 is 20.6 Å². The zero-order chi connectivity index (χ0) is 28.5. The number of ether oxygens (including phenoxy) is 3. The van der Waals surface area contributed by atoms with Gasteiger partial charge in [-0.2, -0.15) is 0 Å². The summed E-state index contributed by atoms with van der Waals surface area (Å²) in [5.41, 5.74) is -0.335. The summed E-state index contributed by atoms with van der Waals surface area (Å²) < 4.78 is 17.3. The number of ketones is 1. The predicted octanol–water partition coefficient (Wildman–Crippen LogP) is 1.05. The summed E-state index contributed by atoms with van der Waals surface area (Å²) in [6.07, 6.45) is -0.267. The van der Waals surface area contributed by atoms with E-state index in [2.05, 4.69) is 13.2 Å². The maximum Gasteiger partial charge on any atom is 0.333 e. The monoisotopic (exact) mass is 533 g/mol. The number of aliphatic hydroxyl groups excluding tert-OH is 1. The fourth-order valence-corrected chi connectivity index (χ4v) is 5.80. The third-order valence-electron chi connectivity index (χ3n) is 8.01. The van der Waals surface area contributed by atoms with E-state index < -0.39 is 41.6 Å². The highest BCUT2D eigenvalue weighted by molar-refractivity contribution is 6.23. The molecule has 0 saturated carbocycles. The van der Waals surface area contributed by atoms with E-state index in [4.69, 9.17) is 14.2 Å². The maximum absolute atomic E-state index is 13.7. The number of hydrogen-bond acceptors (Lipinski definition) is 9. The number of Topliss-reactive ketones (excluding diaryl/α,β-unsaturated/α-hetero) is 1. The average Bonchev–Trinajstić information content (AvgIpc) is 3.30. The summed E-state index contributed by atoms with van der Waals surface area (Å²) in [6, 6.07) is 1.15. The summed E-state index contributed by atoms with van der Waals surface area (Å²) in [5, 5.41) is 23.8. The van der Waals surface area contributed by atoms with Crippen LogP contribution >= 0.6 is 0 Å². The Bertz CT molecular complexity index is 1620. The molecule has 0 unspecified atom stereocenters. The fourth-order valence-electron chi connectivity index (χ4n) is 5.80. The van der Waals surface area contributed by atoms with E-state index in [0.717, 1.165) is 17.5 Å². The third-order valence-corrected chi connectivity index (χ3v) is 8.01. The average molecular weight is 534 g/mol. The number of carbonyl (C=O) groups is 2. The van der Waals surface area contributed by atoms with E-state index in [9.17, 15) is 24.6 Å². The van der Waals surface area contributed by atoms with Gasteiger partial charge in [0.05, 0.1) is 11.7 Å². The molecule has 39 heavy (non-hydrogen) atoms. The molecule has 5 rings (SSSR count). The van der Waals surface area contributed by atoms with Crippen LogP contribution in [-0.2, 0) is 19.9 Å². The van der Waals surface area contributed by atoms with Gasteiger partial charge in [0, 0.05) is 45.1 Å². The van der Waals surface area contributed by atoms with Crippen LogP contribution in [0.1, 0.15) is 50.5 Å². The smallest absolute Gasteiger partial charge is 0.333 e. The molecule has 0 amide bonds. The van der Waals surface area contributed by atoms with Gasteiger partial charge in [0.25, 0.3) is 0 Å². The van der Waals surface area contributed by atoms with Crippen LogP contribution in [0.25, 0.3) is 12.2 Å². The van der Waals surface area contributed by atoms with Crippen molar-refractivity contribution in [3.05, 3.63) is 85.2 Å². The van der Waals surface area contributed by atoms with Crippen molar-refractivity contribution in [3.8, 4) is 5.75 Å². The summed E-state index contributed by atoms with van der Waals surface area (Å²) in [5.74, 6) is -1.12. The number of aliphatic hydroxyl groups is 2. The molecule has 1 aromatic rings. The Morgan fingerprint density at radius 1 is 1.31 bits per heavy atom. The van der Waals surface area contributed by atoms with E-state index in [0.29, 0.717) is 28.5 Å². The number of fused-ring (bicyclic) bond motifs is 5. The summed E-state index contributed by atoms with van der Waals surface area (Å²) >= 11 is 0. The summed E-state index contributed by atoms with van der Waals surface area (Å²) in [7, 11) is 0. The SMILES string of the molecule is C=CCN1C(C)=CC2=c3c(cc(=O)c4c(c3=C)O[C@@H]3O[C@H](C)[C@H](OC(=O)/C(C)=C\C)[C@@H](O)[C@]43O)C(=O)C2=C1C. The van der Waals surface area contributed by atoms with Crippen LogP contribution in [0.5, 0.6) is 5.75 Å². The first-order valence-corrected chi connectivity index (χ1v) is 12.7. The lowest BCUT2D eigenvalue weighted by atomic mass is 9.82. The van der Waals surface area contributed by atoms with Crippen molar-refractivity contribution in [2.24, 2.45) is 0 Å². The molecule has 1 aromatic carbocycles. The molecule has 9 nitrogen and oxygen atoms in total. The van der Waals surface area contributed by atoms with Crippen molar-refractivity contribution in [1.29, 1.82) is 0 Å². The molecule has 3 aliphatic heterocycles. The van der Waals surface area contributed by atoms with Crippen molar-refractivity contribution in [2.75, 3.05) is 6.54 Å². The van der Waals surface area contributed by atoms with E-state index in [1.807, 2.05) is 24.8 Å². The molecule has 204 valence electrons. The van der Waals surface area contributed by atoms with Crippen LogP contribution in [0.3, 0.4) is 0 Å². The number of allylic oxidation sites excluding steroid dienone is 5. The van der Waals surface area contributed by atoms with Crippen LogP contribution in [-0.4, -0.2) is 58.0 Å². The number of esters is 1. The minimum absolute atomic E-state index is 0.0737. The maximum atomic E-state index is 13.7. The number of carbonyl (C=O) groups excluding carboxylic acids is 2. The lowest BCUT2D eigenvalue weighted by molar-refractivity contribution is -0.309. The third kappa shape index (κ3) is 3.61. The van der Waals surface area contributed by atoms with Gasteiger partial charge in [0.2, 0.25) is 6.29 Å². The molecular formula is C30H31NO8. The Labute approximate surface area is 225 Å². The van der Waals surface area contributed by atoms with Gasteiger partial charge in [-0.25, -0.2) is 4.79 Å². The molecule has 0 radical (unpaired) electrons. The second-order valence-electron chi connectivity index (χ2n) is 10.3. The highest BCUT2D eigenvalue weighted by atomic mass is 16.7. The Balaban J connectivity index is 1.73. The summed E-state index contributed by atoms with van der Waals surface area (Å²) in [4.78, 5) is 41.8. The zero-order valence-electron chi connectivity index (χ0n) is 22.5. The molecule has 5 atom stereocenters. The van der Waals surface area contributed by atoms with Gasteiger partial charge < -0.3 is 29.3 Å². The highest BCUT2D eigenvalue weighted by Gasteiger charge is 2.63. The minimum atomic E-state index is -2.38. The first kappa shape index (κ1) is 26.8. The van der Waals surface area contributed by atoms with Crippen LogP contribution in [0.2, 0.25) is 0 Å². The lowest BCUT2D eigenvalue weighted by Crippen LogP contribution is -2.64. The van der Waals surface area contributed by atoms with Gasteiger partial charge in [-0.15, -0.1) is 6.58 Å². The largest absolute Gasteiger partial charge is 0.460 e. The number of nitrogens with zero attached hydrogens (tertiary/aromatic N) is 1. The van der Waals surface area contributed by atoms with Crippen LogP contribution in [0, 0.1) is 0 Å². The topological polar surface area (TPSA) is 123 Å². The van der Waals surface area contributed by atoms with Gasteiger partial charge in [0.15, 0.2) is 22.9 Å². The number of rotatable bonds is 4. The Morgan fingerprint density at radius 2 is 2.00 bits per heavy atom. The first-order valence-electron chi connectivity index (χ1n) is 12.7. The van der Waals surface area contributed by atoms with Crippen molar-refractivity contribution < 1.29 is 34.0 Å². The van der Waals surface area contributed by atoms with Crippen molar-refractivity contribution in [1.82, 2.24) is 4.90 Å². The molecule has 9 heteroatoms. The Morgan fingerprint density at radius 3 is 2.64 bits per heavy atom. The standard InChI is InChI=1S/C30H31NO8/c1-8-10-31-14(4)11-18-21-15(5)25-23(20(32)12-19(21)24(33)22(18)16(31)6)30(36)27(34)26(17(7)37-29(30)39-25)38-28(35)13(3)9-2/h8-9,11-12,17,26-27,29,34,36H,1,5,10H2,2-4,6-7H3/b13-9-/t17-,26+,27-,29+,30-/m1/s1. The quantitative estimate of drug-likeness (QED) is 0.332. The Kier molecular flexibility index (Phi) is 6.29. The van der Waals surface area contributed by atoms with Gasteiger partial charge in [-0.05, 0) is 52.3 Å². The molecule has 1 saturated heterocycles. The number of hydrogen-bond donors (Lipinski definition) is 2. The van der Waals surface area contributed by atoms with Gasteiger partial charge in [-0.1, -0.05) is 18.7 Å². The molecule has 0 bridgehead atoms. The van der Waals surface area contributed by atoms with E-state index >= 15 is 0 Å². The normalized spacial score (nSPS) is 29.3. The molecule has 1 aliphatic carbocycles. The molecule has 1 fully saturated rings. The predicted molar refractivity (Wildman–Crippen MR) is 143 cm³/mol.